The third-order valence-corrected chi connectivity index (χ3v) is 2.26. The lowest BCUT2D eigenvalue weighted by molar-refractivity contribution is -0.154. The Hall–Kier alpha value is -1.63. The van der Waals surface area contributed by atoms with Crippen molar-refractivity contribution in [2.24, 2.45) is 0 Å². The van der Waals surface area contributed by atoms with Gasteiger partial charge in [-0.15, -0.1) is 0 Å². The van der Waals surface area contributed by atoms with E-state index in [2.05, 4.69) is 14.8 Å². The second-order valence-corrected chi connectivity index (χ2v) is 5.16. The van der Waals surface area contributed by atoms with Crippen molar-refractivity contribution in [2.45, 2.75) is 45.3 Å². The van der Waals surface area contributed by atoms with E-state index in [9.17, 15) is 14.4 Å². The molecule has 116 valence electrons. The van der Waals surface area contributed by atoms with Gasteiger partial charge in [0, 0.05) is 6.42 Å². The van der Waals surface area contributed by atoms with Crippen LogP contribution in [-0.2, 0) is 28.6 Å². The summed E-state index contributed by atoms with van der Waals surface area (Å²) in [5.74, 6) is -1.46. The van der Waals surface area contributed by atoms with E-state index in [1.807, 2.05) is 0 Å². The van der Waals surface area contributed by atoms with Crippen molar-refractivity contribution >= 4 is 17.9 Å². The molecule has 0 saturated heterocycles. The van der Waals surface area contributed by atoms with E-state index < -0.39 is 29.6 Å². The van der Waals surface area contributed by atoms with Gasteiger partial charge < -0.3 is 14.2 Å². The summed E-state index contributed by atoms with van der Waals surface area (Å²) >= 11 is 0. The van der Waals surface area contributed by atoms with Crippen LogP contribution in [0.1, 0.15) is 33.6 Å². The lowest BCUT2D eigenvalue weighted by Crippen LogP contribution is -2.42. The average Bonchev–Trinajstić information content (AvgIpc) is 2.35. The van der Waals surface area contributed by atoms with E-state index in [0.717, 1.165) is 0 Å². The zero-order valence-electron chi connectivity index (χ0n) is 12.6. The van der Waals surface area contributed by atoms with Gasteiger partial charge in [-0.25, -0.2) is 0 Å². The first-order valence-electron chi connectivity index (χ1n) is 6.29. The molecule has 0 aliphatic carbocycles. The van der Waals surface area contributed by atoms with Crippen LogP contribution in [0.5, 0.6) is 0 Å². The highest BCUT2D eigenvalue weighted by Gasteiger charge is 2.23. The summed E-state index contributed by atoms with van der Waals surface area (Å²) in [6.07, 6.45) is 0.236. The van der Waals surface area contributed by atoms with Crippen molar-refractivity contribution < 1.29 is 28.6 Å². The molecule has 0 spiro atoms. The Kier molecular flexibility index (Phi) is 7.83. The molecule has 0 aromatic carbocycles. The molecule has 7 heteroatoms. The van der Waals surface area contributed by atoms with E-state index in [0.29, 0.717) is 0 Å². The largest absolute Gasteiger partial charge is 0.469 e. The van der Waals surface area contributed by atoms with Crippen molar-refractivity contribution in [1.29, 1.82) is 0 Å². The van der Waals surface area contributed by atoms with Crippen LogP contribution in [0.4, 0.5) is 0 Å². The summed E-state index contributed by atoms with van der Waals surface area (Å²) in [7, 11) is 2.51. The predicted octanol–water partition coefficient (Wildman–Crippen LogP) is 0.413. The lowest BCUT2D eigenvalue weighted by atomic mass is 10.1. The number of esters is 3. The minimum atomic E-state index is -0.758. The Morgan fingerprint density at radius 1 is 1.05 bits per heavy atom. The first-order chi connectivity index (χ1) is 9.19. The quantitative estimate of drug-likeness (QED) is 0.536. The molecule has 7 nitrogen and oxygen atoms in total. The van der Waals surface area contributed by atoms with Gasteiger partial charge >= 0.3 is 17.9 Å². The smallest absolute Gasteiger partial charge is 0.322 e. The molecule has 0 unspecified atom stereocenters. The summed E-state index contributed by atoms with van der Waals surface area (Å²) in [4.78, 5) is 34.1. The van der Waals surface area contributed by atoms with Crippen molar-refractivity contribution in [3.8, 4) is 0 Å². The zero-order valence-corrected chi connectivity index (χ0v) is 12.6. The Bertz CT molecular complexity index is 347. The van der Waals surface area contributed by atoms with Crippen LogP contribution in [0, 0.1) is 0 Å². The van der Waals surface area contributed by atoms with Crippen LogP contribution in [0.25, 0.3) is 0 Å². The summed E-state index contributed by atoms with van der Waals surface area (Å²) in [6.45, 7) is 5.11. The SMILES string of the molecule is COC(=O)CC[C@H](NCC(=O)OC(C)(C)C)C(=O)OC. The van der Waals surface area contributed by atoms with Crippen molar-refractivity contribution in [2.75, 3.05) is 20.8 Å². The fraction of sp³-hybridized carbons (Fsp3) is 0.769. The van der Waals surface area contributed by atoms with Crippen molar-refractivity contribution in [3.63, 3.8) is 0 Å². The molecule has 0 bridgehead atoms. The Morgan fingerprint density at radius 3 is 2.10 bits per heavy atom. The third-order valence-electron chi connectivity index (χ3n) is 2.26. The average molecular weight is 289 g/mol. The molecular formula is C13H23NO6. The number of rotatable bonds is 7. The molecule has 0 aliphatic heterocycles. The predicted molar refractivity (Wildman–Crippen MR) is 70.9 cm³/mol. The molecule has 0 radical (unpaired) electrons. The summed E-state index contributed by atoms with van der Waals surface area (Å²) < 4.78 is 14.2. The minimum Gasteiger partial charge on any atom is -0.469 e. The Morgan fingerprint density at radius 2 is 1.65 bits per heavy atom. The highest BCUT2D eigenvalue weighted by atomic mass is 16.6. The molecule has 20 heavy (non-hydrogen) atoms. The molecule has 0 amide bonds. The van der Waals surface area contributed by atoms with Gasteiger partial charge in [-0.1, -0.05) is 0 Å². The molecule has 1 N–H and O–H groups in total. The number of hydrogen-bond acceptors (Lipinski definition) is 7. The molecule has 0 fully saturated rings. The highest BCUT2D eigenvalue weighted by molar-refractivity contribution is 5.78. The fourth-order valence-electron chi connectivity index (χ4n) is 1.39. The van der Waals surface area contributed by atoms with Gasteiger partial charge in [-0.2, -0.15) is 0 Å². The molecular weight excluding hydrogens is 266 g/mol. The molecule has 0 saturated carbocycles. The first kappa shape index (κ1) is 18.4. The van der Waals surface area contributed by atoms with Gasteiger partial charge in [0.1, 0.15) is 11.6 Å². The van der Waals surface area contributed by atoms with Gasteiger partial charge in [-0.3, -0.25) is 19.7 Å². The second kappa shape index (κ2) is 8.52. The number of ether oxygens (including phenoxy) is 3. The summed E-state index contributed by atoms with van der Waals surface area (Å²) in [5.41, 5.74) is -0.592. The van der Waals surface area contributed by atoms with Crippen LogP contribution in [0.2, 0.25) is 0 Å². The summed E-state index contributed by atoms with van der Waals surface area (Å²) in [5, 5.41) is 2.72. The molecule has 0 aliphatic rings. The number of methoxy groups -OCH3 is 2. The van der Waals surface area contributed by atoms with Crippen LogP contribution in [-0.4, -0.2) is 50.3 Å². The van der Waals surface area contributed by atoms with E-state index >= 15 is 0 Å². The third kappa shape index (κ3) is 8.47. The maximum Gasteiger partial charge on any atom is 0.322 e. The van der Waals surface area contributed by atoms with E-state index in [1.165, 1.54) is 14.2 Å². The van der Waals surface area contributed by atoms with Gasteiger partial charge in [-0.05, 0) is 27.2 Å². The highest BCUT2D eigenvalue weighted by Crippen LogP contribution is 2.07. The van der Waals surface area contributed by atoms with Gasteiger partial charge in [0.2, 0.25) is 0 Å². The fourth-order valence-corrected chi connectivity index (χ4v) is 1.39. The number of carbonyl (C=O) groups excluding carboxylic acids is 3. The molecule has 0 rings (SSSR count). The van der Waals surface area contributed by atoms with Crippen molar-refractivity contribution in [3.05, 3.63) is 0 Å². The van der Waals surface area contributed by atoms with Crippen LogP contribution >= 0.6 is 0 Å². The monoisotopic (exact) mass is 289 g/mol. The zero-order chi connectivity index (χ0) is 15.8. The number of hydrogen-bond donors (Lipinski definition) is 1. The standard InChI is InChI=1S/C13H23NO6/c1-13(2,3)20-11(16)8-14-9(12(17)19-5)6-7-10(15)18-4/h9,14H,6-8H2,1-5H3/t9-/m0/s1. The van der Waals surface area contributed by atoms with E-state index in [4.69, 9.17) is 4.74 Å². The van der Waals surface area contributed by atoms with Gasteiger partial charge in [0.05, 0.1) is 20.8 Å². The number of carbonyl (C=O) groups is 3. The normalized spacial score (nSPS) is 12.4. The summed E-state index contributed by atoms with van der Waals surface area (Å²) in [6, 6.07) is -0.758. The lowest BCUT2D eigenvalue weighted by Gasteiger charge is -2.21. The molecule has 0 heterocycles. The van der Waals surface area contributed by atoms with E-state index in [1.54, 1.807) is 20.8 Å². The Balaban J connectivity index is 4.33. The van der Waals surface area contributed by atoms with E-state index in [-0.39, 0.29) is 19.4 Å². The van der Waals surface area contributed by atoms with Gasteiger partial charge in [0.25, 0.3) is 0 Å². The maximum atomic E-state index is 11.5. The molecule has 0 aromatic heterocycles. The van der Waals surface area contributed by atoms with Crippen LogP contribution in [0.15, 0.2) is 0 Å². The second-order valence-electron chi connectivity index (χ2n) is 5.16. The van der Waals surface area contributed by atoms with Crippen molar-refractivity contribution in [1.82, 2.24) is 5.32 Å². The molecule has 0 aromatic rings. The van der Waals surface area contributed by atoms with Gasteiger partial charge in [0.15, 0.2) is 0 Å². The number of nitrogens with one attached hydrogen (secondary N) is 1. The maximum absolute atomic E-state index is 11.5. The van der Waals surface area contributed by atoms with Crippen LogP contribution < -0.4 is 5.32 Å². The van der Waals surface area contributed by atoms with Crippen LogP contribution in [0.3, 0.4) is 0 Å². The Labute approximate surface area is 118 Å². The first-order valence-corrected chi connectivity index (χ1v) is 6.29. The minimum absolute atomic E-state index is 0.0532. The molecule has 1 atom stereocenters. The topological polar surface area (TPSA) is 90.9 Å².